The molecule has 1 unspecified atom stereocenters. The van der Waals surface area contributed by atoms with E-state index in [0.29, 0.717) is 6.54 Å². The van der Waals surface area contributed by atoms with E-state index in [1.165, 1.54) is 0 Å². The van der Waals surface area contributed by atoms with Crippen LogP contribution < -0.4 is 10.6 Å². The molecular weight excluding hydrogens is 152 g/mol. The van der Waals surface area contributed by atoms with Crippen LogP contribution in [0.3, 0.4) is 0 Å². The van der Waals surface area contributed by atoms with Crippen molar-refractivity contribution in [2.45, 2.75) is 33.2 Å². The molecule has 1 saturated heterocycles. The van der Waals surface area contributed by atoms with Gasteiger partial charge in [0.15, 0.2) is 0 Å². The summed E-state index contributed by atoms with van der Waals surface area (Å²) in [4.78, 5) is 10.9. The molecule has 3 heteroatoms. The van der Waals surface area contributed by atoms with E-state index in [1.807, 2.05) is 0 Å². The molecule has 0 radical (unpaired) electrons. The summed E-state index contributed by atoms with van der Waals surface area (Å²) >= 11 is 0. The zero-order valence-electron chi connectivity index (χ0n) is 8.32. The Balaban J connectivity index is 2.68. The van der Waals surface area contributed by atoms with Gasteiger partial charge >= 0.3 is 0 Å². The Morgan fingerprint density at radius 2 is 2.00 bits per heavy atom. The first-order valence-corrected chi connectivity index (χ1v) is 4.37. The van der Waals surface area contributed by atoms with E-state index in [1.54, 1.807) is 0 Å². The smallest absolute Gasteiger partial charge is 0.234 e. The van der Waals surface area contributed by atoms with E-state index in [4.69, 9.17) is 0 Å². The Hall–Kier alpha value is -0.570. The van der Waals surface area contributed by atoms with Crippen LogP contribution in [0.25, 0.3) is 0 Å². The molecule has 1 fully saturated rings. The molecule has 2 N–H and O–H groups in total. The molecule has 0 aromatic rings. The first-order chi connectivity index (χ1) is 5.35. The van der Waals surface area contributed by atoms with Gasteiger partial charge in [0.1, 0.15) is 0 Å². The second-order valence-corrected chi connectivity index (χ2v) is 4.71. The topological polar surface area (TPSA) is 41.1 Å². The Labute approximate surface area is 73.9 Å². The van der Waals surface area contributed by atoms with Crippen molar-refractivity contribution in [2.75, 3.05) is 13.1 Å². The van der Waals surface area contributed by atoms with Crippen molar-refractivity contribution in [3.63, 3.8) is 0 Å². The lowest BCUT2D eigenvalue weighted by atomic mass is 9.74. The summed E-state index contributed by atoms with van der Waals surface area (Å²) in [6, 6.07) is 0. The minimum Gasteiger partial charge on any atom is -0.353 e. The summed E-state index contributed by atoms with van der Waals surface area (Å²) < 4.78 is 0. The maximum Gasteiger partial charge on any atom is 0.234 e. The third-order valence-corrected chi connectivity index (χ3v) is 2.93. The van der Waals surface area contributed by atoms with E-state index in [2.05, 4.69) is 38.3 Å². The Bertz CT molecular complexity index is 183. The molecule has 1 heterocycles. The highest BCUT2D eigenvalue weighted by Crippen LogP contribution is 2.30. The van der Waals surface area contributed by atoms with Crippen LogP contribution in [0.2, 0.25) is 0 Å². The van der Waals surface area contributed by atoms with Crippen LogP contribution >= 0.6 is 0 Å². The van der Waals surface area contributed by atoms with Crippen molar-refractivity contribution in [1.82, 2.24) is 10.6 Å². The fourth-order valence-electron chi connectivity index (χ4n) is 1.21. The van der Waals surface area contributed by atoms with Gasteiger partial charge in [-0.25, -0.2) is 0 Å². The summed E-state index contributed by atoms with van der Waals surface area (Å²) in [7, 11) is 0. The molecule has 3 nitrogen and oxygen atoms in total. The minimum absolute atomic E-state index is 0.0148. The number of nitrogens with one attached hydrogen (secondary N) is 2. The van der Waals surface area contributed by atoms with Crippen molar-refractivity contribution in [2.24, 2.45) is 5.41 Å². The predicted octanol–water partition coefficient (Wildman–Crippen LogP) is 0.511. The quantitative estimate of drug-likeness (QED) is 0.556. The van der Waals surface area contributed by atoms with Crippen LogP contribution in [0, 0.1) is 5.41 Å². The molecule has 0 spiro atoms. The lowest BCUT2D eigenvalue weighted by Crippen LogP contribution is -2.65. The van der Waals surface area contributed by atoms with Gasteiger partial charge in [-0.1, -0.05) is 20.8 Å². The third kappa shape index (κ3) is 1.61. The van der Waals surface area contributed by atoms with Crippen LogP contribution in [0.1, 0.15) is 27.7 Å². The molecule has 12 heavy (non-hydrogen) atoms. The normalized spacial score (nSPS) is 31.5. The first kappa shape index (κ1) is 9.52. The number of hydrogen-bond acceptors (Lipinski definition) is 2. The summed E-state index contributed by atoms with van der Waals surface area (Å²) in [6.07, 6.45) is 0. The number of amides is 1. The summed E-state index contributed by atoms with van der Waals surface area (Å²) in [5, 5.41) is 6.15. The van der Waals surface area contributed by atoms with Crippen LogP contribution in [0.4, 0.5) is 0 Å². The van der Waals surface area contributed by atoms with Gasteiger partial charge in [-0.2, -0.15) is 0 Å². The maximum atomic E-state index is 10.9. The maximum absolute atomic E-state index is 10.9. The standard InChI is InChI=1S/C9H18N2O/c1-8(2,3)9(4)6-10-7(12)5-11-9/h11H,5-6H2,1-4H3,(H,10,12). The Kier molecular flexibility index (Phi) is 2.17. The second kappa shape index (κ2) is 2.73. The largest absolute Gasteiger partial charge is 0.353 e. The van der Waals surface area contributed by atoms with Gasteiger partial charge in [-0.15, -0.1) is 0 Å². The molecule has 1 atom stereocenters. The highest BCUT2D eigenvalue weighted by Gasteiger charge is 2.39. The number of rotatable bonds is 0. The molecule has 1 rings (SSSR count). The number of carbonyl (C=O) groups excluding carboxylic acids is 1. The zero-order chi connectivity index (χ0) is 9.41. The van der Waals surface area contributed by atoms with Gasteiger partial charge in [0, 0.05) is 12.1 Å². The van der Waals surface area contributed by atoms with Gasteiger partial charge in [0.25, 0.3) is 0 Å². The number of hydrogen-bond donors (Lipinski definition) is 2. The van der Waals surface area contributed by atoms with Gasteiger partial charge in [0.05, 0.1) is 6.54 Å². The Morgan fingerprint density at radius 3 is 2.33 bits per heavy atom. The fraction of sp³-hybridized carbons (Fsp3) is 0.889. The molecule has 0 aliphatic carbocycles. The minimum atomic E-state index is 0.0148. The monoisotopic (exact) mass is 170 g/mol. The SMILES string of the molecule is CC(C)(C)C1(C)CNC(=O)CN1. The first-order valence-electron chi connectivity index (χ1n) is 4.37. The summed E-state index contributed by atoms with van der Waals surface area (Å²) in [5.41, 5.74) is 0.182. The third-order valence-electron chi connectivity index (χ3n) is 2.93. The van der Waals surface area contributed by atoms with Gasteiger partial charge in [-0.3, -0.25) is 4.79 Å². The van der Waals surface area contributed by atoms with Crippen LogP contribution in [-0.2, 0) is 4.79 Å². The van der Waals surface area contributed by atoms with Crippen molar-refractivity contribution in [3.05, 3.63) is 0 Å². The van der Waals surface area contributed by atoms with E-state index in [0.717, 1.165) is 6.54 Å². The molecule has 0 saturated carbocycles. The summed E-state index contributed by atoms with van der Waals surface area (Å²) in [6.45, 7) is 9.84. The van der Waals surface area contributed by atoms with Gasteiger partial charge in [0.2, 0.25) is 5.91 Å². The van der Waals surface area contributed by atoms with Crippen molar-refractivity contribution in [1.29, 1.82) is 0 Å². The average Bonchev–Trinajstić information content (AvgIpc) is 1.93. The molecule has 1 aliphatic rings. The van der Waals surface area contributed by atoms with E-state index >= 15 is 0 Å². The van der Waals surface area contributed by atoms with E-state index in [9.17, 15) is 4.79 Å². The van der Waals surface area contributed by atoms with Crippen molar-refractivity contribution in [3.8, 4) is 0 Å². The second-order valence-electron chi connectivity index (χ2n) is 4.71. The summed E-state index contributed by atoms with van der Waals surface area (Å²) in [5.74, 6) is 0.0942. The average molecular weight is 170 g/mol. The lowest BCUT2D eigenvalue weighted by Gasteiger charge is -2.45. The molecule has 0 aromatic heterocycles. The highest BCUT2D eigenvalue weighted by molar-refractivity contribution is 5.79. The van der Waals surface area contributed by atoms with Crippen LogP contribution in [0.5, 0.6) is 0 Å². The lowest BCUT2D eigenvalue weighted by molar-refractivity contribution is -0.123. The Morgan fingerprint density at radius 1 is 1.42 bits per heavy atom. The van der Waals surface area contributed by atoms with Crippen molar-refractivity contribution < 1.29 is 4.79 Å². The van der Waals surface area contributed by atoms with Crippen LogP contribution in [0.15, 0.2) is 0 Å². The zero-order valence-corrected chi connectivity index (χ0v) is 8.32. The molecular formula is C9H18N2O. The van der Waals surface area contributed by atoms with Gasteiger partial charge in [-0.05, 0) is 12.3 Å². The van der Waals surface area contributed by atoms with E-state index in [-0.39, 0.29) is 16.9 Å². The highest BCUT2D eigenvalue weighted by atomic mass is 16.2. The predicted molar refractivity (Wildman–Crippen MR) is 48.9 cm³/mol. The van der Waals surface area contributed by atoms with Crippen molar-refractivity contribution >= 4 is 5.91 Å². The van der Waals surface area contributed by atoms with Crippen LogP contribution in [-0.4, -0.2) is 24.5 Å². The molecule has 1 aliphatic heterocycles. The molecule has 0 aromatic carbocycles. The van der Waals surface area contributed by atoms with Gasteiger partial charge < -0.3 is 10.6 Å². The fourth-order valence-corrected chi connectivity index (χ4v) is 1.21. The molecule has 70 valence electrons. The number of carbonyl (C=O) groups is 1. The number of piperazine rings is 1. The van der Waals surface area contributed by atoms with E-state index < -0.39 is 0 Å². The molecule has 1 amide bonds. The molecule has 0 bridgehead atoms.